The molecule has 0 aliphatic carbocycles. The van der Waals surface area contributed by atoms with Crippen molar-refractivity contribution in [3.8, 4) is 0 Å². The van der Waals surface area contributed by atoms with Crippen molar-refractivity contribution in [1.82, 2.24) is 0 Å². The third-order valence-corrected chi connectivity index (χ3v) is 2.80. The predicted octanol–water partition coefficient (Wildman–Crippen LogP) is 4.19. The molecular formula is C14H28O4. The van der Waals surface area contributed by atoms with E-state index in [-0.39, 0.29) is 5.97 Å². The summed E-state index contributed by atoms with van der Waals surface area (Å²) < 4.78 is 0. The number of hydrogen-bond acceptors (Lipinski definition) is 4. The predicted molar refractivity (Wildman–Crippen MR) is 70.6 cm³/mol. The van der Waals surface area contributed by atoms with Gasteiger partial charge in [-0.2, -0.15) is 4.89 Å². The molecule has 0 amide bonds. The molecular weight excluding hydrogens is 232 g/mol. The van der Waals surface area contributed by atoms with Crippen molar-refractivity contribution in [2.45, 2.75) is 79.2 Å². The van der Waals surface area contributed by atoms with Crippen LogP contribution in [0.2, 0.25) is 0 Å². The van der Waals surface area contributed by atoms with Crippen LogP contribution in [-0.2, 0) is 19.6 Å². The molecule has 0 aliphatic rings. The van der Waals surface area contributed by atoms with Gasteiger partial charge >= 0.3 is 5.97 Å². The zero-order chi connectivity index (χ0) is 14.2. The maximum absolute atomic E-state index is 11.3. The molecule has 0 aromatic heterocycles. The molecule has 0 heterocycles. The fourth-order valence-corrected chi connectivity index (χ4v) is 1.17. The lowest BCUT2D eigenvalue weighted by Crippen LogP contribution is -2.24. The molecule has 0 bridgehead atoms. The molecule has 4 nitrogen and oxygen atoms in total. The molecule has 0 fully saturated rings. The maximum Gasteiger partial charge on any atom is 0.345 e. The van der Waals surface area contributed by atoms with E-state index in [2.05, 4.69) is 30.7 Å². The summed E-state index contributed by atoms with van der Waals surface area (Å²) in [6.07, 6.45) is 4.07. The maximum atomic E-state index is 11.3. The van der Waals surface area contributed by atoms with Gasteiger partial charge in [0.25, 0.3) is 0 Å². The summed E-state index contributed by atoms with van der Waals surface area (Å²) >= 11 is 0. The molecule has 0 rings (SSSR count). The van der Waals surface area contributed by atoms with Gasteiger partial charge < -0.3 is 0 Å². The number of carbonyl (C=O) groups excluding carboxylic acids is 1. The van der Waals surface area contributed by atoms with Crippen LogP contribution in [-0.4, -0.2) is 11.6 Å². The Morgan fingerprint density at radius 1 is 1.06 bits per heavy atom. The second kappa shape index (κ2) is 7.74. The van der Waals surface area contributed by atoms with Crippen molar-refractivity contribution in [3.05, 3.63) is 0 Å². The molecule has 0 N–H and O–H groups in total. The number of rotatable bonds is 8. The van der Waals surface area contributed by atoms with Crippen molar-refractivity contribution >= 4 is 5.97 Å². The van der Waals surface area contributed by atoms with Crippen LogP contribution in [0, 0.1) is 5.41 Å². The highest BCUT2D eigenvalue weighted by Gasteiger charge is 2.18. The first-order valence-electron chi connectivity index (χ1n) is 6.71. The second-order valence-electron chi connectivity index (χ2n) is 6.49. The van der Waals surface area contributed by atoms with Crippen LogP contribution in [0.25, 0.3) is 0 Å². The molecule has 0 unspecified atom stereocenters. The third-order valence-electron chi connectivity index (χ3n) is 2.80. The van der Waals surface area contributed by atoms with Crippen LogP contribution >= 0.6 is 0 Å². The standard InChI is InChI=1S/C14H28O4/c1-7-14(5,6)17-18-16-12(15)10-8-9-11-13(2,3)4/h7-11H2,1-6H3. The number of unbranched alkanes of at least 4 members (excludes halogenated alkanes) is 1. The van der Waals surface area contributed by atoms with Crippen LogP contribution < -0.4 is 0 Å². The monoisotopic (exact) mass is 260 g/mol. The molecule has 18 heavy (non-hydrogen) atoms. The van der Waals surface area contributed by atoms with Crippen LogP contribution in [0.1, 0.15) is 73.6 Å². The van der Waals surface area contributed by atoms with Gasteiger partial charge in [-0.25, -0.2) is 4.79 Å². The molecule has 0 aromatic rings. The van der Waals surface area contributed by atoms with Gasteiger partial charge in [0, 0.05) is 6.42 Å². The van der Waals surface area contributed by atoms with E-state index in [0.717, 1.165) is 25.7 Å². The van der Waals surface area contributed by atoms with Gasteiger partial charge in [-0.3, -0.25) is 4.89 Å². The molecule has 0 saturated carbocycles. The van der Waals surface area contributed by atoms with E-state index < -0.39 is 5.60 Å². The number of carbonyl (C=O) groups is 1. The molecule has 0 saturated heterocycles. The summed E-state index contributed by atoms with van der Waals surface area (Å²) in [5.41, 5.74) is -0.124. The summed E-state index contributed by atoms with van der Waals surface area (Å²) in [6.45, 7) is 12.3. The minimum Gasteiger partial charge on any atom is -0.269 e. The van der Waals surface area contributed by atoms with Crippen molar-refractivity contribution in [2.24, 2.45) is 5.41 Å². The van der Waals surface area contributed by atoms with E-state index in [0.29, 0.717) is 11.8 Å². The summed E-state index contributed by atoms with van der Waals surface area (Å²) in [6, 6.07) is 0. The first-order valence-corrected chi connectivity index (χ1v) is 6.71. The summed E-state index contributed by atoms with van der Waals surface area (Å²) in [5.74, 6) is -0.379. The Morgan fingerprint density at radius 3 is 2.17 bits per heavy atom. The van der Waals surface area contributed by atoms with Gasteiger partial charge in [0.15, 0.2) is 0 Å². The van der Waals surface area contributed by atoms with Crippen LogP contribution in [0.4, 0.5) is 0 Å². The van der Waals surface area contributed by atoms with Crippen molar-refractivity contribution in [2.75, 3.05) is 0 Å². The van der Waals surface area contributed by atoms with Gasteiger partial charge in [0.1, 0.15) is 5.60 Å². The first-order chi connectivity index (χ1) is 8.16. The van der Waals surface area contributed by atoms with Gasteiger partial charge in [0.05, 0.1) is 0 Å². The Kier molecular flexibility index (Phi) is 7.48. The summed E-state index contributed by atoms with van der Waals surface area (Å²) in [7, 11) is 0. The van der Waals surface area contributed by atoms with E-state index in [1.165, 1.54) is 0 Å². The van der Waals surface area contributed by atoms with E-state index in [1.807, 2.05) is 20.8 Å². The van der Waals surface area contributed by atoms with E-state index in [4.69, 9.17) is 4.89 Å². The largest absolute Gasteiger partial charge is 0.345 e. The Labute approximate surface area is 111 Å². The van der Waals surface area contributed by atoms with E-state index >= 15 is 0 Å². The highest BCUT2D eigenvalue weighted by molar-refractivity contribution is 5.68. The molecule has 108 valence electrons. The van der Waals surface area contributed by atoms with Gasteiger partial charge in [-0.1, -0.05) is 34.1 Å². The van der Waals surface area contributed by atoms with Gasteiger partial charge in [0.2, 0.25) is 0 Å². The number of hydrogen-bond donors (Lipinski definition) is 0. The fourth-order valence-electron chi connectivity index (χ4n) is 1.17. The molecule has 4 heteroatoms. The smallest absolute Gasteiger partial charge is 0.269 e. The Bertz CT molecular complexity index is 241. The van der Waals surface area contributed by atoms with Crippen LogP contribution in [0.15, 0.2) is 0 Å². The fraction of sp³-hybridized carbons (Fsp3) is 0.929. The highest BCUT2D eigenvalue weighted by atomic mass is 17.5. The Hall–Kier alpha value is -0.610. The molecule has 0 radical (unpaired) electrons. The lowest BCUT2D eigenvalue weighted by molar-refractivity contribution is -0.517. The van der Waals surface area contributed by atoms with Gasteiger partial charge in [-0.15, -0.1) is 0 Å². The van der Waals surface area contributed by atoms with Crippen molar-refractivity contribution in [1.29, 1.82) is 0 Å². The molecule has 0 aromatic carbocycles. The minimum atomic E-state index is -0.438. The average molecular weight is 260 g/mol. The van der Waals surface area contributed by atoms with Crippen LogP contribution in [0.5, 0.6) is 0 Å². The topological polar surface area (TPSA) is 44.8 Å². The Morgan fingerprint density at radius 2 is 1.67 bits per heavy atom. The summed E-state index contributed by atoms with van der Waals surface area (Å²) in [5, 5.41) is 4.50. The minimum absolute atomic E-state index is 0.314. The van der Waals surface area contributed by atoms with E-state index in [1.54, 1.807) is 0 Å². The van der Waals surface area contributed by atoms with Crippen LogP contribution in [0.3, 0.4) is 0 Å². The summed E-state index contributed by atoms with van der Waals surface area (Å²) in [4.78, 5) is 20.8. The normalized spacial score (nSPS) is 12.6. The quantitative estimate of drug-likeness (QED) is 0.373. The zero-order valence-electron chi connectivity index (χ0n) is 12.7. The Balaban J connectivity index is 3.55. The van der Waals surface area contributed by atoms with E-state index in [9.17, 15) is 4.79 Å². The van der Waals surface area contributed by atoms with Crippen molar-refractivity contribution < 1.29 is 19.6 Å². The average Bonchev–Trinajstić information content (AvgIpc) is 2.23. The molecule has 0 spiro atoms. The highest BCUT2D eigenvalue weighted by Crippen LogP contribution is 2.22. The lowest BCUT2D eigenvalue weighted by atomic mass is 9.89. The lowest BCUT2D eigenvalue weighted by Gasteiger charge is -2.19. The molecule has 0 aliphatic heterocycles. The SMILES string of the molecule is CCC(C)(C)OOOC(=O)CCCCC(C)(C)C. The zero-order valence-corrected chi connectivity index (χ0v) is 12.7. The first kappa shape index (κ1) is 17.4. The van der Waals surface area contributed by atoms with Gasteiger partial charge in [-0.05, 0) is 43.6 Å². The second-order valence-corrected chi connectivity index (χ2v) is 6.49. The molecule has 0 atom stereocenters. The third kappa shape index (κ3) is 10.5. The van der Waals surface area contributed by atoms with Crippen molar-refractivity contribution in [3.63, 3.8) is 0 Å².